The molecule has 0 aliphatic carbocycles. The van der Waals surface area contributed by atoms with E-state index >= 15 is 0 Å². The van der Waals surface area contributed by atoms with Crippen LogP contribution in [0.3, 0.4) is 0 Å². The van der Waals surface area contributed by atoms with E-state index in [2.05, 4.69) is 0 Å². The summed E-state index contributed by atoms with van der Waals surface area (Å²) < 4.78 is 18.3. The van der Waals surface area contributed by atoms with E-state index in [-0.39, 0.29) is 16.3 Å². The molecule has 5 heteroatoms. The number of hydrogen-bond acceptors (Lipinski definition) is 2. The second kappa shape index (κ2) is 4.79. The zero-order chi connectivity index (χ0) is 11.4. The average molecular weight is 230 g/mol. The molecule has 0 bridgehead atoms. The fourth-order valence-electron chi connectivity index (χ4n) is 1.03. The van der Waals surface area contributed by atoms with Crippen LogP contribution < -0.4 is 10.5 Å². The lowest BCUT2D eigenvalue weighted by atomic mass is 10.2. The molecule has 0 unspecified atom stereocenters. The highest BCUT2D eigenvalue weighted by molar-refractivity contribution is 6.32. The Morgan fingerprint density at radius 1 is 1.60 bits per heavy atom. The number of carbonyl (C=O) groups excluding carboxylic acids is 1. The molecular weight excluding hydrogens is 221 g/mol. The molecule has 1 aromatic carbocycles. The smallest absolute Gasteiger partial charge is 0.241 e. The van der Waals surface area contributed by atoms with Crippen molar-refractivity contribution < 1.29 is 13.9 Å². The maximum Gasteiger partial charge on any atom is 0.241 e. The summed E-state index contributed by atoms with van der Waals surface area (Å²) in [5.74, 6) is -1.24. The van der Waals surface area contributed by atoms with Crippen molar-refractivity contribution >= 4 is 23.6 Å². The number of primary amides is 1. The predicted octanol–water partition coefficient (Wildman–Crippen LogP) is 1.99. The molecule has 0 aliphatic heterocycles. The van der Waals surface area contributed by atoms with Crippen LogP contribution in [0.15, 0.2) is 18.2 Å². The molecule has 0 saturated carbocycles. The lowest BCUT2D eigenvalue weighted by Gasteiger charge is -2.05. The summed E-state index contributed by atoms with van der Waals surface area (Å²) in [5.41, 5.74) is 4.97. The molecule has 0 aromatic heterocycles. The van der Waals surface area contributed by atoms with Crippen molar-refractivity contribution in [2.24, 2.45) is 5.73 Å². The van der Waals surface area contributed by atoms with E-state index < -0.39 is 11.7 Å². The number of hydrogen-bond donors (Lipinski definition) is 1. The van der Waals surface area contributed by atoms with Gasteiger partial charge in [0, 0.05) is 11.6 Å². The van der Waals surface area contributed by atoms with Crippen LogP contribution in [0.25, 0.3) is 6.08 Å². The number of halogens is 2. The molecule has 15 heavy (non-hydrogen) atoms. The third-order valence-corrected chi connectivity index (χ3v) is 2.05. The molecule has 0 fully saturated rings. The van der Waals surface area contributed by atoms with E-state index in [1.54, 1.807) is 0 Å². The Kier molecular flexibility index (Phi) is 3.68. The van der Waals surface area contributed by atoms with E-state index in [1.807, 2.05) is 0 Å². The van der Waals surface area contributed by atoms with E-state index in [1.165, 1.54) is 25.3 Å². The van der Waals surface area contributed by atoms with Crippen molar-refractivity contribution in [1.29, 1.82) is 0 Å². The van der Waals surface area contributed by atoms with Gasteiger partial charge in [-0.25, -0.2) is 4.39 Å². The van der Waals surface area contributed by atoms with Gasteiger partial charge in [-0.2, -0.15) is 0 Å². The van der Waals surface area contributed by atoms with Crippen LogP contribution in [0.4, 0.5) is 4.39 Å². The summed E-state index contributed by atoms with van der Waals surface area (Å²) in [4.78, 5) is 10.5. The SMILES string of the molecule is COc1ccc(Cl)c(/C=C/C(N)=O)c1F. The minimum Gasteiger partial charge on any atom is -0.494 e. The highest BCUT2D eigenvalue weighted by Crippen LogP contribution is 2.27. The number of ether oxygens (including phenoxy) is 1. The molecule has 0 spiro atoms. The molecule has 0 heterocycles. The van der Waals surface area contributed by atoms with Gasteiger partial charge in [0.15, 0.2) is 11.6 Å². The summed E-state index contributed by atoms with van der Waals surface area (Å²) in [5, 5.41) is 0.186. The Morgan fingerprint density at radius 2 is 2.27 bits per heavy atom. The number of nitrogens with two attached hydrogens (primary N) is 1. The molecular formula is C10H9ClFNO2. The monoisotopic (exact) mass is 229 g/mol. The summed E-state index contributed by atoms with van der Waals surface area (Å²) in [6, 6.07) is 2.88. The van der Waals surface area contributed by atoms with Gasteiger partial charge >= 0.3 is 0 Å². The molecule has 3 nitrogen and oxygen atoms in total. The standard InChI is InChI=1S/C10H9ClFNO2/c1-15-8-4-3-7(11)6(10(8)12)2-5-9(13)14/h2-5H,1H3,(H2,13,14)/b5-2+. The molecule has 1 amide bonds. The fraction of sp³-hybridized carbons (Fsp3) is 0.100. The van der Waals surface area contributed by atoms with Crippen molar-refractivity contribution in [2.45, 2.75) is 0 Å². The largest absolute Gasteiger partial charge is 0.494 e. The Bertz CT molecular complexity index is 418. The molecule has 1 rings (SSSR count). The molecule has 80 valence electrons. The van der Waals surface area contributed by atoms with Crippen LogP contribution in [0.1, 0.15) is 5.56 Å². The third kappa shape index (κ3) is 2.70. The van der Waals surface area contributed by atoms with Gasteiger partial charge in [-0.05, 0) is 18.2 Å². The lowest BCUT2D eigenvalue weighted by molar-refractivity contribution is -0.113. The fourth-order valence-corrected chi connectivity index (χ4v) is 1.23. The second-order valence-corrected chi connectivity index (χ2v) is 3.12. The zero-order valence-electron chi connectivity index (χ0n) is 7.96. The first kappa shape index (κ1) is 11.5. The highest BCUT2D eigenvalue weighted by Gasteiger charge is 2.10. The van der Waals surface area contributed by atoms with Crippen LogP contribution in [-0.4, -0.2) is 13.0 Å². The van der Waals surface area contributed by atoms with Crippen molar-refractivity contribution in [3.05, 3.63) is 34.6 Å². The first-order valence-corrected chi connectivity index (χ1v) is 4.43. The molecule has 1 aromatic rings. The first-order chi connectivity index (χ1) is 7.06. The molecule has 0 radical (unpaired) electrons. The molecule has 0 atom stereocenters. The summed E-state index contributed by atoms with van der Waals surface area (Å²) in [6.45, 7) is 0. The third-order valence-electron chi connectivity index (χ3n) is 1.73. The second-order valence-electron chi connectivity index (χ2n) is 2.71. The van der Waals surface area contributed by atoms with Gasteiger partial charge in [0.1, 0.15) is 0 Å². The average Bonchev–Trinajstić information content (AvgIpc) is 2.17. The molecule has 2 N–H and O–H groups in total. The van der Waals surface area contributed by atoms with E-state index in [0.717, 1.165) is 6.08 Å². The number of carbonyl (C=O) groups is 1. The van der Waals surface area contributed by atoms with Gasteiger partial charge in [0.25, 0.3) is 0 Å². The van der Waals surface area contributed by atoms with Crippen LogP contribution in [-0.2, 0) is 4.79 Å². The Hall–Kier alpha value is -1.55. The van der Waals surface area contributed by atoms with Crippen LogP contribution >= 0.6 is 11.6 Å². The Balaban J connectivity index is 3.21. The van der Waals surface area contributed by atoms with Gasteiger partial charge in [0.05, 0.1) is 12.1 Å². The normalized spacial score (nSPS) is 10.6. The van der Waals surface area contributed by atoms with Crippen molar-refractivity contribution in [3.63, 3.8) is 0 Å². The zero-order valence-corrected chi connectivity index (χ0v) is 8.72. The van der Waals surface area contributed by atoms with Crippen molar-refractivity contribution in [1.82, 2.24) is 0 Å². The van der Waals surface area contributed by atoms with Crippen LogP contribution in [0.5, 0.6) is 5.75 Å². The van der Waals surface area contributed by atoms with E-state index in [4.69, 9.17) is 22.1 Å². The Labute approximate surface area is 91.3 Å². The van der Waals surface area contributed by atoms with Crippen molar-refractivity contribution in [2.75, 3.05) is 7.11 Å². The van der Waals surface area contributed by atoms with E-state index in [9.17, 15) is 9.18 Å². The summed E-state index contributed by atoms with van der Waals surface area (Å²) in [7, 11) is 1.34. The maximum atomic E-state index is 13.6. The minimum atomic E-state index is -0.673. The highest BCUT2D eigenvalue weighted by atomic mass is 35.5. The van der Waals surface area contributed by atoms with E-state index in [0.29, 0.717) is 0 Å². The topological polar surface area (TPSA) is 52.3 Å². The number of rotatable bonds is 3. The summed E-state index contributed by atoms with van der Waals surface area (Å²) >= 11 is 5.74. The Morgan fingerprint density at radius 3 is 2.80 bits per heavy atom. The summed E-state index contributed by atoms with van der Waals surface area (Å²) in [6.07, 6.45) is 2.24. The van der Waals surface area contributed by atoms with Gasteiger partial charge in [-0.3, -0.25) is 4.79 Å². The number of benzene rings is 1. The quantitative estimate of drug-likeness (QED) is 0.806. The van der Waals surface area contributed by atoms with Crippen LogP contribution in [0, 0.1) is 5.82 Å². The maximum absolute atomic E-state index is 13.6. The number of methoxy groups -OCH3 is 1. The first-order valence-electron chi connectivity index (χ1n) is 4.05. The van der Waals surface area contributed by atoms with Gasteiger partial charge < -0.3 is 10.5 Å². The lowest BCUT2D eigenvalue weighted by Crippen LogP contribution is -2.05. The molecule has 0 aliphatic rings. The molecule has 0 saturated heterocycles. The minimum absolute atomic E-state index is 0.0588. The van der Waals surface area contributed by atoms with Crippen molar-refractivity contribution in [3.8, 4) is 5.75 Å². The predicted molar refractivity (Wildman–Crippen MR) is 56.2 cm³/mol. The van der Waals surface area contributed by atoms with Crippen LogP contribution in [0.2, 0.25) is 5.02 Å². The van der Waals surface area contributed by atoms with Gasteiger partial charge in [-0.15, -0.1) is 0 Å². The van der Waals surface area contributed by atoms with Gasteiger partial charge in [0.2, 0.25) is 5.91 Å². The van der Waals surface area contributed by atoms with Gasteiger partial charge in [-0.1, -0.05) is 11.6 Å². The number of amides is 1.